The Morgan fingerprint density at radius 2 is 0.828 bits per heavy atom. The first kappa shape index (κ1) is 92.0. The Bertz CT molecular complexity index is 7070. The molecule has 6 atom stereocenters. The number of piperazine rings is 3. The average molecular weight is 1840 g/mol. The van der Waals surface area contributed by atoms with E-state index in [9.17, 15) is 28.8 Å². The van der Waals surface area contributed by atoms with Crippen molar-refractivity contribution in [2.45, 2.75) is 162 Å². The summed E-state index contributed by atoms with van der Waals surface area (Å²) in [7, 11) is 3.19. The van der Waals surface area contributed by atoms with E-state index in [1.807, 2.05) is 191 Å². The van der Waals surface area contributed by atoms with Crippen LogP contribution >= 0.6 is 23.2 Å². The number of halogens is 4. The van der Waals surface area contributed by atoms with Crippen LogP contribution in [0.1, 0.15) is 139 Å². The molecule has 0 saturated carbocycles. The second kappa shape index (κ2) is 36.6. The molecule has 5 aliphatic rings. The Kier molecular flexibility index (Phi) is 25.2. The van der Waals surface area contributed by atoms with Crippen LogP contribution in [0.25, 0.3) is 105 Å². The van der Waals surface area contributed by atoms with Crippen LogP contribution < -0.4 is 36.3 Å². The van der Waals surface area contributed by atoms with Crippen molar-refractivity contribution in [1.82, 2.24) is 78.2 Å². The van der Waals surface area contributed by atoms with Gasteiger partial charge in [-0.05, 0) is 208 Å². The van der Waals surface area contributed by atoms with Crippen molar-refractivity contribution in [2.75, 3.05) is 63.3 Å². The van der Waals surface area contributed by atoms with E-state index in [1.165, 1.54) is 39.5 Å². The molecule has 5 fully saturated rings. The molecular weight excluding hydrogens is 1740 g/mol. The highest BCUT2D eigenvalue weighted by atomic mass is 35.5. The highest BCUT2D eigenvalue weighted by molar-refractivity contribution is 6.34. The molecular formula is C104H104Cl2F2N18O8. The number of carbonyl (C=O) groups excluding carboxylic acids is 3. The fraction of sp³-hybridized carbons (Fsp3) is 0.317. The minimum atomic E-state index is -0.563. The molecule has 5 saturated heterocycles. The van der Waals surface area contributed by atoms with E-state index in [2.05, 4.69) is 49.5 Å². The molecule has 30 heteroatoms. The van der Waals surface area contributed by atoms with Gasteiger partial charge in [0.05, 0.1) is 91.8 Å². The van der Waals surface area contributed by atoms with Gasteiger partial charge >= 0.3 is 17.1 Å². The first-order valence-electron chi connectivity index (χ1n) is 45.0. The number of anilines is 2. The Morgan fingerprint density at radius 3 is 1.26 bits per heavy atom. The number of piperidine rings is 1. The number of hydrogen-bond acceptors (Lipinski definition) is 20. The van der Waals surface area contributed by atoms with E-state index in [4.69, 9.17) is 57.6 Å². The Hall–Kier alpha value is -13.8. The molecule has 9 aromatic heterocycles. The third-order valence-electron chi connectivity index (χ3n) is 26.6. The van der Waals surface area contributed by atoms with Gasteiger partial charge in [0.1, 0.15) is 40.5 Å². The van der Waals surface area contributed by atoms with Crippen LogP contribution in [0.15, 0.2) is 204 Å². The van der Waals surface area contributed by atoms with Gasteiger partial charge in [0.15, 0.2) is 16.9 Å². The SMILES string of the molecule is C=CC(=O)N1CC(C)N(c2nc(=O)n(-c3c(C)ccnc3C(C)C)c3nc(-c4cc(OC)cc5ccccc45)c(Cl)cc23)CC1C.C=CC(=O)N1CC(C)N(c2nc(=O)n(-c3c(C)ccnc3C(C)C)c3nc(-c4cc(OC)cc5ccccc45)c(F)cc23)CC1C.C=CC(=O)N1CC2CC3(c4nc(=O)n(-c5c(C)ccnc5C(C)C)c5nc(-c6ccccc6F)c(Cl)cc45)CC(C1)N23. The number of amides is 3. The summed E-state index contributed by atoms with van der Waals surface area (Å²) in [4.78, 5) is 135. The smallest absolute Gasteiger partial charge is 0.355 e. The summed E-state index contributed by atoms with van der Waals surface area (Å²) in [5.41, 5.74) is 8.81. The molecule has 0 radical (unpaired) electrons. The molecule has 26 nitrogen and oxygen atoms in total. The maximum Gasteiger partial charge on any atom is 0.355 e. The fourth-order valence-corrected chi connectivity index (χ4v) is 20.8. The molecule has 6 unspecified atom stereocenters. The maximum atomic E-state index is 16.5. The third kappa shape index (κ3) is 16.1. The molecule has 686 valence electrons. The van der Waals surface area contributed by atoms with Gasteiger partial charge in [-0.3, -0.25) is 34.2 Å². The Labute approximate surface area is 783 Å². The van der Waals surface area contributed by atoms with Crippen LogP contribution in [0.4, 0.5) is 20.4 Å². The largest absolute Gasteiger partial charge is 0.497 e. The average Bonchev–Trinajstić information content (AvgIpc) is 0.664. The lowest BCUT2D eigenvalue weighted by molar-refractivity contribution is -0.238. The highest BCUT2D eigenvalue weighted by Crippen LogP contribution is 2.61. The van der Waals surface area contributed by atoms with Gasteiger partial charge in [-0.1, -0.05) is 145 Å². The summed E-state index contributed by atoms with van der Waals surface area (Å²) in [6, 6.07) is 39.8. The first-order valence-corrected chi connectivity index (χ1v) is 45.7. The minimum absolute atomic E-state index is 0.0184. The number of aromatic nitrogens is 12. The molecule has 14 heterocycles. The number of rotatable bonds is 17. The first-order chi connectivity index (χ1) is 64.2. The Morgan fingerprint density at radius 1 is 0.440 bits per heavy atom. The van der Waals surface area contributed by atoms with E-state index < -0.39 is 34.2 Å². The van der Waals surface area contributed by atoms with Gasteiger partial charge in [0.25, 0.3) is 0 Å². The van der Waals surface area contributed by atoms with E-state index >= 15 is 8.78 Å². The van der Waals surface area contributed by atoms with Gasteiger partial charge in [-0.2, -0.15) is 15.0 Å². The van der Waals surface area contributed by atoms with Crippen molar-refractivity contribution >= 4 is 107 Å². The number of fused-ring (bicyclic) bond motifs is 5. The predicted octanol–water partition coefficient (Wildman–Crippen LogP) is 18.0. The van der Waals surface area contributed by atoms with Crippen molar-refractivity contribution in [1.29, 1.82) is 0 Å². The number of nitrogens with zero attached hydrogens (tertiary/aromatic N) is 18. The molecule has 5 aromatic carbocycles. The molecule has 14 aromatic rings. The zero-order valence-electron chi connectivity index (χ0n) is 77.5. The maximum absolute atomic E-state index is 16.5. The molecule has 3 amide bonds. The second-order valence-corrected chi connectivity index (χ2v) is 37.1. The molecule has 0 N–H and O–H groups in total. The van der Waals surface area contributed by atoms with Crippen LogP contribution in [0.3, 0.4) is 0 Å². The van der Waals surface area contributed by atoms with Gasteiger partial charge in [0.2, 0.25) is 17.7 Å². The van der Waals surface area contributed by atoms with Crippen LogP contribution in [-0.4, -0.2) is 186 Å². The summed E-state index contributed by atoms with van der Waals surface area (Å²) in [5, 5.41) is 5.93. The quantitative estimate of drug-likeness (QED) is 0.0766. The lowest BCUT2D eigenvalue weighted by Crippen LogP contribution is -2.83. The summed E-state index contributed by atoms with van der Waals surface area (Å²) in [6.07, 6.45) is 10.7. The van der Waals surface area contributed by atoms with Crippen LogP contribution in [0.5, 0.6) is 11.5 Å². The number of methoxy groups -OCH3 is 2. The summed E-state index contributed by atoms with van der Waals surface area (Å²) in [5.74, 6) is 0.690. The van der Waals surface area contributed by atoms with Gasteiger partial charge < -0.3 is 34.0 Å². The van der Waals surface area contributed by atoms with Gasteiger partial charge in [-0.15, -0.1) is 0 Å². The van der Waals surface area contributed by atoms with Crippen LogP contribution in [-0.2, 0) is 19.9 Å². The predicted molar refractivity (Wildman–Crippen MR) is 523 cm³/mol. The number of ether oxygens (including phenoxy) is 2. The van der Waals surface area contributed by atoms with Crippen molar-refractivity contribution in [3.8, 4) is 62.3 Å². The number of pyridine rings is 6. The summed E-state index contributed by atoms with van der Waals surface area (Å²) >= 11 is 14.0. The summed E-state index contributed by atoms with van der Waals surface area (Å²) in [6.45, 7) is 39.7. The minimum Gasteiger partial charge on any atom is -0.497 e. The lowest BCUT2D eigenvalue weighted by atomic mass is 9.60. The number of hydrogen-bond donors (Lipinski definition) is 0. The molecule has 134 heavy (non-hydrogen) atoms. The molecule has 19 rings (SSSR count). The zero-order chi connectivity index (χ0) is 95.2. The van der Waals surface area contributed by atoms with E-state index in [-0.39, 0.29) is 99.3 Å². The number of aryl methyl sites for hydroxylation is 3. The normalized spacial score (nSPS) is 18.7. The number of carbonyl (C=O) groups is 3. The van der Waals surface area contributed by atoms with Crippen molar-refractivity contribution in [3.63, 3.8) is 0 Å². The van der Waals surface area contributed by atoms with Crippen LogP contribution in [0.2, 0.25) is 10.0 Å². The van der Waals surface area contributed by atoms with E-state index in [1.54, 1.807) is 77.5 Å². The van der Waals surface area contributed by atoms with Gasteiger partial charge in [-0.25, -0.2) is 51.8 Å². The second-order valence-electron chi connectivity index (χ2n) is 36.3. The molecule has 0 bridgehead atoms. The molecule has 0 aliphatic carbocycles. The van der Waals surface area contributed by atoms with Gasteiger partial charge in [0, 0.05) is 116 Å². The third-order valence-corrected chi connectivity index (χ3v) is 27.2. The van der Waals surface area contributed by atoms with E-state index in [0.717, 1.165) is 68.0 Å². The Balaban J connectivity index is 0.000000140. The zero-order valence-corrected chi connectivity index (χ0v) is 79.0. The molecule has 0 spiro atoms. The van der Waals surface area contributed by atoms with Crippen LogP contribution in [0, 0.1) is 32.4 Å². The lowest BCUT2D eigenvalue weighted by Gasteiger charge is -2.73. The summed E-state index contributed by atoms with van der Waals surface area (Å²) < 4.78 is 47.3. The molecule has 5 aliphatic heterocycles. The highest BCUT2D eigenvalue weighted by Gasteiger charge is 2.67. The van der Waals surface area contributed by atoms with Crippen molar-refractivity contribution < 1.29 is 32.6 Å². The number of benzene rings is 5. The van der Waals surface area contributed by atoms with E-state index in [0.29, 0.717) is 135 Å². The topological polar surface area (TPSA) is 271 Å². The van der Waals surface area contributed by atoms with Crippen molar-refractivity contribution in [3.05, 3.63) is 283 Å². The fourth-order valence-electron chi connectivity index (χ4n) is 20.2. The monoisotopic (exact) mass is 1840 g/mol. The van der Waals surface area contributed by atoms with Crippen molar-refractivity contribution in [2.24, 2.45) is 0 Å². The number of likely N-dealkylation sites (tertiary alicyclic amines) is 1. The standard InChI is InChI=1S/C36H37ClN6O3.C36H37FN6O3.C32H30ClFN6O2/c2*1-8-30(44)41-18-23(6)42(19-22(41)5)34-28-17-29(37)32(27-16-25(46-7)15-24-11-9-10-12-26(24)27)39-35(28)43(36(45)40-34)33-21(4)13-14-38-31(33)20(2)3;1-5-25(41)38-15-19-13-32(14-20(16-38)40(19)32)29-22-12-23(33)27(21-8-6-7-9-24(21)34)36-30(22)39(31(42)37-29)28-18(4)10-11-35-26(28)17(2)3/h2*8-17,20,22-23H,1,18-19H2,2-7H3;5-12,17,19-20H,1,13-16H2,2-4H3.